The molecule has 0 unspecified atom stereocenters. The minimum atomic E-state index is -3.47. The van der Waals surface area contributed by atoms with Crippen LogP contribution < -0.4 is 10.0 Å². The van der Waals surface area contributed by atoms with Gasteiger partial charge in [-0.2, -0.15) is 0 Å². The predicted molar refractivity (Wildman–Crippen MR) is 96.3 cm³/mol. The largest absolute Gasteiger partial charge is 0.323 e. The third-order valence-electron chi connectivity index (χ3n) is 3.54. The molecule has 0 aliphatic carbocycles. The summed E-state index contributed by atoms with van der Waals surface area (Å²) >= 11 is 0. The average Bonchev–Trinajstić information content (AvgIpc) is 2.54. The van der Waals surface area contributed by atoms with Gasteiger partial charge in [0.2, 0.25) is 15.9 Å². The lowest BCUT2D eigenvalue weighted by Gasteiger charge is -2.05. The maximum atomic E-state index is 12.0. The van der Waals surface area contributed by atoms with Crippen molar-refractivity contribution in [1.29, 1.82) is 0 Å². The molecule has 0 saturated heterocycles. The lowest BCUT2D eigenvalue weighted by Crippen LogP contribution is -2.18. The molecule has 2 aromatic rings. The van der Waals surface area contributed by atoms with E-state index in [1.54, 1.807) is 18.2 Å². The van der Waals surface area contributed by atoms with Crippen LogP contribution in [0.15, 0.2) is 53.4 Å². The van der Waals surface area contributed by atoms with Crippen LogP contribution in [0.2, 0.25) is 0 Å². The van der Waals surface area contributed by atoms with Crippen molar-refractivity contribution in [1.82, 2.24) is 4.72 Å². The van der Waals surface area contributed by atoms with Gasteiger partial charge in [0.05, 0.1) is 4.90 Å². The number of carbonyl (C=O) groups excluding carboxylic acids is 1. The fourth-order valence-electron chi connectivity index (χ4n) is 2.20. The molecule has 24 heavy (non-hydrogen) atoms. The Morgan fingerprint density at radius 1 is 1.04 bits per heavy atom. The summed E-state index contributed by atoms with van der Waals surface area (Å²) in [5, 5.41) is 2.70. The molecule has 0 fully saturated rings. The molecule has 0 bridgehead atoms. The molecule has 0 saturated carbocycles. The minimum absolute atomic E-state index is 0.147. The first kappa shape index (κ1) is 17.9. The number of aryl methyl sites for hydroxylation is 2. The van der Waals surface area contributed by atoms with Crippen LogP contribution in [-0.2, 0) is 14.8 Å². The molecule has 0 spiro atoms. The molecule has 0 aliphatic heterocycles. The van der Waals surface area contributed by atoms with Gasteiger partial charge in [0.1, 0.15) is 0 Å². The Hall–Kier alpha value is -2.44. The molecule has 5 nitrogen and oxygen atoms in total. The van der Waals surface area contributed by atoms with E-state index in [1.807, 2.05) is 26.0 Å². The standard InChI is InChI=1S/C18H20N2O3S/c1-13-4-5-15(14(2)12-13)6-11-18(21)20-16-7-9-17(10-8-16)24(22,23)19-3/h4-12,19H,1-3H3,(H,20,21)/b11-6+. The topological polar surface area (TPSA) is 75.3 Å². The van der Waals surface area contributed by atoms with Crippen LogP contribution in [0.25, 0.3) is 6.08 Å². The first-order valence-corrected chi connectivity index (χ1v) is 8.90. The fraction of sp³-hybridized carbons (Fsp3) is 0.167. The van der Waals surface area contributed by atoms with Gasteiger partial charge in [-0.1, -0.05) is 23.8 Å². The number of hydrogen-bond acceptors (Lipinski definition) is 3. The highest BCUT2D eigenvalue weighted by molar-refractivity contribution is 7.89. The minimum Gasteiger partial charge on any atom is -0.323 e. The van der Waals surface area contributed by atoms with Gasteiger partial charge < -0.3 is 5.32 Å². The lowest BCUT2D eigenvalue weighted by molar-refractivity contribution is -0.111. The van der Waals surface area contributed by atoms with Crippen molar-refractivity contribution < 1.29 is 13.2 Å². The molecule has 0 atom stereocenters. The maximum absolute atomic E-state index is 12.0. The van der Waals surface area contributed by atoms with Gasteiger partial charge in [-0.3, -0.25) is 4.79 Å². The molecule has 2 aromatic carbocycles. The summed E-state index contributed by atoms with van der Waals surface area (Å²) in [7, 11) is -2.12. The number of benzene rings is 2. The second-order valence-corrected chi connectivity index (χ2v) is 7.30. The molecule has 0 radical (unpaired) electrons. The van der Waals surface area contributed by atoms with Crippen LogP contribution in [0.4, 0.5) is 5.69 Å². The number of anilines is 1. The number of amides is 1. The SMILES string of the molecule is CNS(=O)(=O)c1ccc(NC(=O)/C=C/c2ccc(C)cc2C)cc1. The number of rotatable bonds is 5. The Labute approximate surface area is 142 Å². The highest BCUT2D eigenvalue weighted by atomic mass is 32.2. The molecule has 126 valence electrons. The number of sulfonamides is 1. The van der Waals surface area contributed by atoms with Crippen LogP contribution in [0.3, 0.4) is 0 Å². The first-order chi connectivity index (χ1) is 11.3. The zero-order valence-electron chi connectivity index (χ0n) is 13.8. The van der Waals surface area contributed by atoms with Gasteiger partial charge in [-0.15, -0.1) is 0 Å². The molecule has 1 amide bonds. The summed E-state index contributed by atoms with van der Waals surface area (Å²) in [5.41, 5.74) is 3.78. The van der Waals surface area contributed by atoms with Gasteiger partial charge in [-0.05, 0) is 62.4 Å². The Morgan fingerprint density at radius 2 is 1.71 bits per heavy atom. The van der Waals surface area contributed by atoms with E-state index in [-0.39, 0.29) is 10.8 Å². The summed E-state index contributed by atoms with van der Waals surface area (Å²) in [6.07, 6.45) is 3.21. The zero-order valence-corrected chi connectivity index (χ0v) is 14.6. The van der Waals surface area contributed by atoms with Gasteiger partial charge in [-0.25, -0.2) is 13.1 Å². The van der Waals surface area contributed by atoms with E-state index in [0.717, 1.165) is 11.1 Å². The van der Waals surface area contributed by atoms with E-state index in [2.05, 4.69) is 16.1 Å². The second-order valence-electron chi connectivity index (χ2n) is 5.41. The van der Waals surface area contributed by atoms with E-state index >= 15 is 0 Å². The Morgan fingerprint density at radius 3 is 2.29 bits per heavy atom. The lowest BCUT2D eigenvalue weighted by atomic mass is 10.1. The zero-order chi connectivity index (χ0) is 17.7. The van der Waals surface area contributed by atoms with Crippen LogP contribution in [0, 0.1) is 13.8 Å². The highest BCUT2D eigenvalue weighted by Gasteiger charge is 2.10. The second kappa shape index (κ2) is 7.42. The van der Waals surface area contributed by atoms with E-state index < -0.39 is 10.0 Å². The van der Waals surface area contributed by atoms with Crippen molar-refractivity contribution in [3.63, 3.8) is 0 Å². The molecule has 0 aromatic heterocycles. The van der Waals surface area contributed by atoms with E-state index in [9.17, 15) is 13.2 Å². The molecule has 0 aliphatic rings. The average molecular weight is 344 g/mol. The Balaban J connectivity index is 2.06. The quantitative estimate of drug-likeness (QED) is 0.819. The molecule has 0 heterocycles. The van der Waals surface area contributed by atoms with Crippen molar-refractivity contribution in [2.45, 2.75) is 18.7 Å². The highest BCUT2D eigenvalue weighted by Crippen LogP contribution is 2.15. The van der Waals surface area contributed by atoms with E-state index in [4.69, 9.17) is 0 Å². The summed E-state index contributed by atoms with van der Waals surface area (Å²) in [6.45, 7) is 4.01. The molecular formula is C18H20N2O3S. The summed E-state index contributed by atoms with van der Waals surface area (Å²) in [5.74, 6) is -0.279. The van der Waals surface area contributed by atoms with Gasteiger partial charge >= 0.3 is 0 Å². The monoisotopic (exact) mass is 344 g/mol. The van der Waals surface area contributed by atoms with Crippen molar-refractivity contribution in [3.8, 4) is 0 Å². The summed E-state index contributed by atoms with van der Waals surface area (Å²) < 4.78 is 25.5. The molecule has 2 N–H and O–H groups in total. The normalized spacial score (nSPS) is 11.6. The third-order valence-corrected chi connectivity index (χ3v) is 4.97. The summed E-state index contributed by atoms with van der Waals surface area (Å²) in [6, 6.07) is 12.0. The molecule has 2 rings (SSSR count). The van der Waals surface area contributed by atoms with Crippen molar-refractivity contribution in [2.75, 3.05) is 12.4 Å². The van der Waals surface area contributed by atoms with Crippen molar-refractivity contribution in [2.24, 2.45) is 0 Å². The van der Waals surface area contributed by atoms with Crippen molar-refractivity contribution >= 4 is 27.7 Å². The Bertz CT molecular complexity index is 870. The van der Waals surface area contributed by atoms with E-state index in [1.165, 1.54) is 30.8 Å². The van der Waals surface area contributed by atoms with Crippen LogP contribution in [0.5, 0.6) is 0 Å². The molecular weight excluding hydrogens is 324 g/mol. The van der Waals surface area contributed by atoms with Gasteiger partial charge in [0.15, 0.2) is 0 Å². The molecule has 6 heteroatoms. The smallest absolute Gasteiger partial charge is 0.248 e. The van der Waals surface area contributed by atoms with Crippen LogP contribution in [0.1, 0.15) is 16.7 Å². The van der Waals surface area contributed by atoms with Crippen LogP contribution >= 0.6 is 0 Å². The maximum Gasteiger partial charge on any atom is 0.248 e. The number of hydrogen-bond donors (Lipinski definition) is 2. The van der Waals surface area contributed by atoms with E-state index in [0.29, 0.717) is 5.69 Å². The summed E-state index contributed by atoms with van der Waals surface area (Å²) in [4.78, 5) is 12.1. The van der Waals surface area contributed by atoms with Crippen LogP contribution in [-0.4, -0.2) is 21.4 Å². The number of carbonyl (C=O) groups is 1. The third kappa shape index (κ3) is 4.53. The Kier molecular flexibility index (Phi) is 5.54. The van der Waals surface area contributed by atoms with Gasteiger partial charge in [0, 0.05) is 11.8 Å². The predicted octanol–water partition coefficient (Wildman–Crippen LogP) is 2.86. The number of nitrogens with one attached hydrogen (secondary N) is 2. The first-order valence-electron chi connectivity index (χ1n) is 7.42. The van der Waals surface area contributed by atoms with Gasteiger partial charge in [0.25, 0.3) is 0 Å². The van der Waals surface area contributed by atoms with Crippen molar-refractivity contribution in [3.05, 3.63) is 65.2 Å². The fourth-order valence-corrected chi connectivity index (χ4v) is 2.93.